The van der Waals surface area contributed by atoms with E-state index in [2.05, 4.69) is 12.2 Å². The molecular formula is C15H27NO2. The molecule has 1 aliphatic heterocycles. The van der Waals surface area contributed by atoms with Crippen LogP contribution in [0.3, 0.4) is 0 Å². The summed E-state index contributed by atoms with van der Waals surface area (Å²) in [7, 11) is 0. The molecule has 0 amide bonds. The van der Waals surface area contributed by atoms with Crippen molar-refractivity contribution >= 4 is 5.97 Å². The molecule has 0 bridgehead atoms. The van der Waals surface area contributed by atoms with Crippen LogP contribution in [0.1, 0.15) is 58.3 Å². The summed E-state index contributed by atoms with van der Waals surface area (Å²) in [6, 6.07) is 0. The van der Waals surface area contributed by atoms with Crippen molar-refractivity contribution in [2.75, 3.05) is 13.1 Å². The molecule has 104 valence electrons. The number of ether oxygens (including phenoxy) is 1. The fourth-order valence-electron chi connectivity index (χ4n) is 3.33. The standard InChI is InChI=1S/C15H27NO2/c1-2-13-5-3-4-6-14(13)18-15(17)11-12-7-9-16-10-8-12/h12-14,16H,2-11H2,1H3. The topological polar surface area (TPSA) is 38.3 Å². The molecule has 2 aliphatic rings. The molecule has 2 atom stereocenters. The Morgan fingerprint density at radius 2 is 1.89 bits per heavy atom. The van der Waals surface area contributed by atoms with Gasteiger partial charge in [0.2, 0.25) is 0 Å². The van der Waals surface area contributed by atoms with Crippen molar-refractivity contribution in [3.63, 3.8) is 0 Å². The molecule has 0 spiro atoms. The van der Waals surface area contributed by atoms with Crippen molar-refractivity contribution in [3.8, 4) is 0 Å². The first-order valence-corrected chi connectivity index (χ1v) is 7.69. The summed E-state index contributed by atoms with van der Waals surface area (Å²) in [5, 5.41) is 3.33. The predicted octanol–water partition coefficient (Wildman–Crippen LogP) is 2.89. The molecule has 1 heterocycles. The van der Waals surface area contributed by atoms with E-state index in [1.54, 1.807) is 0 Å². The summed E-state index contributed by atoms with van der Waals surface area (Å²) in [5.41, 5.74) is 0. The van der Waals surface area contributed by atoms with Crippen LogP contribution >= 0.6 is 0 Å². The van der Waals surface area contributed by atoms with E-state index < -0.39 is 0 Å². The van der Waals surface area contributed by atoms with Gasteiger partial charge in [0.05, 0.1) is 0 Å². The highest BCUT2D eigenvalue weighted by molar-refractivity contribution is 5.69. The number of esters is 1. The zero-order valence-corrected chi connectivity index (χ0v) is 11.6. The normalized spacial score (nSPS) is 30.1. The third-order valence-corrected chi connectivity index (χ3v) is 4.56. The maximum absolute atomic E-state index is 12.0. The van der Waals surface area contributed by atoms with Gasteiger partial charge in [0.15, 0.2) is 0 Å². The second-order valence-electron chi connectivity index (χ2n) is 5.88. The van der Waals surface area contributed by atoms with Crippen molar-refractivity contribution in [2.45, 2.75) is 64.4 Å². The molecular weight excluding hydrogens is 226 g/mol. The van der Waals surface area contributed by atoms with Crippen molar-refractivity contribution in [1.82, 2.24) is 5.32 Å². The smallest absolute Gasteiger partial charge is 0.306 e. The quantitative estimate of drug-likeness (QED) is 0.783. The summed E-state index contributed by atoms with van der Waals surface area (Å²) >= 11 is 0. The van der Waals surface area contributed by atoms with E-state index in [0.29, 0.717) is 18.3 Å². The molecule has 2 fully saturated rings. The van der Waals surface area contributed by atoms with Gasteiger partial charge in [0.25, 0.3) is 0 Å². The first kappa shape index (κ1) is 13.9. The zero-order valence-electron chi connectivity index (χ0n) is 11.6. The number of hydrogen-bond donors (Lipinski definition) is 1. The third-order valence-electron chi connectivity index (χ3n) is 4.56. The van der Waals surface area contributed by atoms with Gasteiger partial charge in [-0.2, -0.15) is 0 Å². The number of carbonyl (C=O) groups is 1. The average molecular weight is 253 g/mol. The Balaban J connectivity index is 1.75. The van der Waals surface area contributed by atoms with E-state index in [9.17, 15) is 4.79 Å². The highest BCUT2D eigenvalue weighted by Crippen LogP contribution is 2.30. The summed E-state index contributed by atoms with van der Waals surface area (Å²) in [6.45, 7) is 4.32. The van der Waals surface area contributed by atoms with Crippen LogP contribution in [0.2, 0.25) is 0 Å². The Kier molecular flexibility index (Phi) is 5.48. The van der Waals surface area contributed by atoms with Crippen molar-refractivity contribution in [2.24, 2.45) is 11.8 Å². The van der Waals surface area contributed by atoms with Gasteiger partial charge in [-0.25, -0.2) is 0 Å². The lowest BCUT2D eigenvalue weighted by Crippen LogP contribution is -2.32. The number of piperidine rings is 1. The zero-order chi connectivity index (χ0) is 12.8. The van der Waals surface area contributed by atoms with Crippen molar-refractivity contribution in [3.05, 3.63) is 0 Å². The Morgan fingerprint density at radius 3 is 2.61 bits per heavy atom. The van der Waals surface area contributed by atoms with Crippen LogP contribution in [0, 0.1) is 11.8 Å². The first-order chi connectivity index (χ1) is 8.79. The average Bonchev–Trinajstić information content (AvgIpc) is 2.40. The van der Waals surface area contributed by atoms with Gasteiger partial charge in [-0.1, -0.05) is 13.3 Å². The molecule has 3 heteroatoms. The van der Waals surface area contributed by atoms with Gasteiger partial charge in [0, 0.05) is 6.42 Å². The summed E-state index contributed by atoms with van der Waals surface area (Å²) in [6.07, 6.45) is 9.08. The lowest BCUT2D eigenvalue weighted by Gasteiger charge is -2.31. The van der Waals surface area contributed by atoms with Gasteiger partial charge in [-0.05, 0) is 63.5 Å². The minimum Gasteiger partial charge on any atom is -0.462 e. The van der Waals surface area contributed by atoms with E-state index in [4.69, 9.17) is 4.74 Å². The van der Waals surface area contributed by atoms with E-state index in [1.807, 2.05) is 0 Å². The van der Waals surface area contributed by atoms with Crippen molar-refractivity contribution in [1.29, 1.82) is 0 Å². The number of nitrogens with one attached hydrogen (secondary N) is 1. The molecule has 1 aliphatic carbocycles. The second kappa shape index (κ2) is 7.13. The fraction of sp³-hybridized carbons (Fsp3) is 0.933. The Hall–Kier alpha value is -0.570. The SMILES string of the molecule is CCC1CCCCC1OC(=O)CC1CCNCC1. The highest BCUT2D eigenvalue weighted by atomic mass is 16.5. The molecule has 1 saturated carbocycles. The van der Waals surface area contributed by atoms with E-state index in [1.165, 1.54) is 19.3 Å². The van der Waals surface area contributed by atoms with E-state index in [-0.39, 0.29) is 12.1 Å². The molecule has 0 aromatic carbocycles. The van der Waals surface area contributed by atoms with Crippen molar-refractivity contribution < 1.29 is 9.53 Å². The Morgan fingerprint density at radius 1 is 1.17 bits per heavy atom. The van der Waals surface area contributed by atoms with E-state index >= 15 is 0 Å². The molecule has 1 saturated heterocycles. The van der Waals surface area contributed by atoms with Gasteiger partial charge in [0.1, 0.15) is 6.10 Å². The van der Waals surface area contributed by atoms with Crippen LogP contribution in [0.5, 0.6) is 0 Å². The van der Waals surface area contributed by atoms with Crippen LogP contribution in [0.15, 0.2) is 0 Å². The Bertz CT molecular complexity index is 261. The molecule has 0 radical (unpaired) electrons. The highest BCUT2D eigenvalue weighted by Gasteiger charge is 2.27. The van der Waals surface area contributed by atoms with Crippen LogP contribution in [0.4, 0.5) is 0 Å². The Labute approximate surface area is 111 Å². The second-order valence-corrected chi connectivity index (χ2v) is 5.88. The molecule has 0 aromatic heterocycles. The monoisotopic (exact) mass is 253 g/mol. The van der Waals surface area contributed by atoms with Gasteiger partial charge >= 0.3 is 5.97 Å². The van der Waals surface area contributed by atoms with Crippen LogP contribution in [0.25, 0.3) is 0 Å². The molecule has 3 nitrogen and oxygen atoms in total. The van der Waals surface area contributed by atoms with Crippen LogP contribution in [-0.2, 0) is 9.53 Å². The summed E-state index contributed by atoms with van der Waals surface area (Å²) in [4.78, 5) is 12.0. The number of carbonyl (C=O) groups excluding carboxylic acids is 1. The predicted molar refractivity (Wildman–Crippen MR) is 72.3 cm³/mol. The summed E-state index contributed by atoms with van der Waals surface area (Å²) in [5.74, 6) is 1.20. The minimum atomic E-state index is 0.0484. The maximum atomic E-state index is 12.0. The number of hydrogen-bond acceptors (Lipinski definition) is 3. The molecule has 2 rings (SSSR count). The minimum absolute atomic E-state index is 0.0484. The number of rotatable bonds is 4. The van der Waals surface area contributed by atoms with Gasteiger partial charge in [-0.3, -0.25) is 4.79 Å². The molecule has 18 heavy (non-hydrogen) atoms. The fourth-order valence-corrected chi connectivity index (χ4v) is 3.33. The molecule has 1 N–H and O–H groups in total. The van der Waals surface area contributed by atoms with Crippen LogP contribution < -0.4 is 5.32 Å². The lowest BCUT2D eigenvalue weighted by molar-refractivity contribution is -0.155. The first-order valence-electron chi connectivity index (χ1n) is 7.69. The molecule has 0 aromatic rings. The van der Waals surface area contributed by atoms with Crippen LogP contribution in [-0.4, -0.2) is 25.2 Å². The van der Waals surface area contributed by atoms with E-state index in [0.717, 1.165) is 38.8 Å². The largest absolute Gasteiger partial charge is 0.462 e. The summed E-state index contributed by atoms with van der Waals surface area (Å²) < 4.78 is 5.74. The maximum Gasteiger partial charge on any atom is 0.306 e. The van der Waals surface area contributed by atoms with Gasteiger partial charge < -0.3 is 10.1 Å². The lowest BCUT2D eigenvalue weighted by atomic mass is 9.84. The third kappa shape index (κ3) is 3.98. The molecule has 2 unspecified atom stereocenters. The van der Waals surface area contributed by atoms with Gasteiger partial charge in [-0.15, -0.1) is 0 Å².